The smallest absolute Gasteiger partial charge is 0.373 e. The van der Waals surface area contributed by atoms with Crippen molar-refractivity contribution in [1.82, 2.24) is 0 Å². The second kappa shape index (κ2) is 7.45. The SMILES string of the molecule is Cc1cc(Cl)ccc1C1CC(S(=O)(=O)c2cccc(C(F)(F)F)c2)CCO1. The minimum Gasteiger partial charge on any atom is -0.373 e. The molecule has 0 bridgehead atoms. The summed E-state index contributed by atoms with van der Waals surface area (Å²) in [4.78, 5) is -0.309. The first-order chi connectivity index (χ1) is 12.6. The standard InChI is InChI=1S/C19H18ClF3O3S/c1-12-9-14(20)5-6-17(12)18-11-16(7-8-26-18)27(24,25)15-4-2-3-13(10-15)19(21,22)23/h2-6,9-10,16,18H,7-8,11H2,1H3. The summed E-state index contributed by atoms with van der Waals surface area (Å²) in [5.41, 5.74) is 0.744. The van der Waals surface area contributed by atoms with Crippen LogP contribution >= 0.6 is 11.6 Å². The van der Waals surface area contributed by atoms with Crippen LogP contribution in [0.5, 0.6) is 0 Å². The predicted octanol–water partition coefficient (Wildman–Crippen LogP) is 5.36. The lowest BCUT2D eigenvalue weighted by atomic mass is 9.97. The van der Waals surface area contributed by atoms with Gasteiger partial charge in [0.15, 0.2) is 9.84 Å². The molecule has 0 N–H and O–H groups in total. The second-order valence-electron chi connectivity index (χ2n) is 6.58. The molecular formula is C19H18ClF3O3S. The van der Waals surface area contributed by atoms with E-state index in [0.717, 1.165) is 23.3 Å². The van der Waals surface area contributed by atoms with Crippen LogP contribution in [0, 0.1) is 6.92 Å². The largest absolute Gasteiger partial charge is 0.416 e. The topological polar surface area (TPSA) is 43.4 Å². The fraction of sp³-hybridized carbons (Fsp3) is 0.368. The first-order valence-electron chi connectivity index (χ1n) is 8.38. The molecule has 0 aliphatic carbocycles. The van der Waals surface area contributed by atoms with Crippen LogP contribution in [0.3, 0.4) is 0 Å². The van der Waals surface area contributed by atoms with Gasteiger partial charge in [0, 0.05) is 11.6 Å². The molecule has 3 rings (SSSR count). The first-order valence-corrected chi connectivity index (χ1v) is 10.3. The van der Waals surface area contributed by atoms with E-state index in [-0.39, 0.29) is 24.3 Å². The molecule has 27 heavy (non-hydrogen) atoms. The molecule has 1 saturated heterocycles. The summed E-state index contributed by atoms with van der Waals surface area (Å²) in [6, 6.07) is 9.17. The van der Waals surface area contributed by atoms with E-state index >= 15 is 0 Å². The fourth-order valence-corrected chi connectivity index (χ4v) is 5.31. The lowest BCUT2D eigenvalue weighted by Crippen LogP contribution is -2.31. The van der Waals surface area contributed by atoms with Gasteiger partial charge < -0.3 is 4.74 Å². The van der Waals surface area contributed by atoms with Crippen molar-refractivity contribution in [2.45, 2.75) is 42.2 Å². The van der Waals surface area contributed by atoms with Gasteiger partial charge in [-0.25, -0.2) is 8.42 Å². The number of aryl methyl sites for hydroxylation is 1. The van der Waals surface area contributed by atoms with E-state index in [1.54, 1.807) is 18.2 Å². The average Bonchev–Trinajstić information content (AvgIpc) is 2.61. The van der Waals surface area contributed by atoms with Crippen molar-refractivity contribution >= 4 is 21.4 Å². The second-order valence-corrected chi connectivity index (χ2v) is 9.24. The van der Waals surface area contributed by atoms with Crippen molar-refractivity contribution in [1.29, 1.82) is 0 Å². The number of benzene rings is 2. The third-order valence-corrected chi connectivity index (χ3v) is 7.20. The number of alkyl halides is 3. The number of rotatable bonds is 3. The first kappa shape index (κ1) is 20.2. The Morgan fingerprint density at radius 1 is 1.15 bits per heavy atom. The number of hydrogen-bond donors (Lipinski definition) is 0. The molecule has 0 radical (unpaired) electrons. The molecule has 2 unspecified atom stereocenters. The van der Waals surface area contributed by atoms with Gasteiger partial charge in [-0.1, -0.05) is 23.7 Å². The maximum absolute atomic E-state index is 12.9. The van der Waals surface area contributed by atoms with Gasteiger partial charge in [-0.2, -0.15) is 13.2 Å². The Morgan fingerprint density at radius 2 is 1.89 bits per heavy atom. The third kappa shape index (κ3) is 4.31. The molecule has 2 aromatic rings. The van der Waals surface area contributed by atoms with E-state index in [0.29, 0.717) is 11.1 Å². The molecule has 0 saturated carbocycles. The molecule has 1 aliphatic rings. The van der Waals surface area contributed by atoms with Gasteiger partial charge in [-0.05, 0) is 61.2 Å². The van der Waals surface area contributed by atoms with Gasteiger partial charge in [0.25, 0.3) is 0 Å². The molecule has 2 atom stereocenters. The van der Waals surface area contributed by atoms with Crippen LogP contribution in [0.15, 0.2) is 47.4 Å². The molecule has 146 valence electrons. The summed E-state index contributed by atoms with van der Waals surface area (Å²) in [7, 11) is -3.91. The van der Waals surface area contributed by atoms with Gasteiger partial charge >= 0.3 is 6.18 Å². The van der Waals surface area contributed by atoms with Crippen LogP contribution in [-0.2, 0) is 20.8 Å². The Balaban J connectivity index is 1.89. The highest BCUT2D eigenvalue weighted by Crippen LogP contribution is 2.37. The molecule has 1 fully saturated rings. The van der Waals surface area contributed by atoms with E-state index in [9.17, 15) is 21.6 Å². The van der Waals surface area contributed by atoms with Gasteiger partial charge in [0.05, 0.1) is 21.8 Å². The van der Waals surface area contributed by atoms with Crippen molar-refractivity contribution < 1.29 is 26.3 Å². The molecule has 1 aliphatic heterocycles. The highest BCUT2D eigenvalue weighted by Gasteiger charge is 2.37. The van der Waals surface area contributed by atoms with Crippen molar-refractivity contribution in [3.8, 4) is 0 Å². The van der Waals surface area contributed by atoms with Crippen LogP contribution in [0.4, 0.5) is 13.2 Å². The summed E-state index contributed by atoms with van der Waals surface area (Å²) in [5, 5.41) is -0.241. The summed E-state index contributed by atoms with van der Waals surface area (Å²) in [5.74, 6) is 0. The molecule has 0 aromatic heterocycles. The van der Waals surface area contributed by atoms with Crippen molar-refractivity contribution in [3.05, 3.63) is 64.2 Å². The van der Waals surface area contributed by atoms with E-state index in [1.165, 1.54) is 6.07 Å². The number of sulfone groups is 1. The Labute approximate surface area is 161 Å². The van der Waals surface area contributed by atoms with Crippen LogP contribution in [0.25, 0.3) is 0 Å². The summed E-state index contributed by atoms with van der Waals surface area (Å²) >= 11 is 5.96. The number of hydrogen-bond acceptors (Lipinski definition) is 3. The molecule has 8 heteroatoms. The molecule has 3 nitrogen and oxygen atoms in total. The number of ether oxygens (including phenoxy) is 1. The van der Waals surface area contributed by atoms with E-state index in [2.05, 4.69) is 0 Å². The Kier molecular flexibility index (Phi) is 5.57. The van der Waals surface area contributed by atoms with Crippen LogP contribution in [-0.4, -0.2) is 20.3 Å². The minimum atomic E-state index is -4.59. The van der Waals surface area contributed by atoms with E-state index < -0.39 is 32.9 Å². The average molecular weight is 419 g/mol. The summed E-state index contributed by atoms with van der Waals surface area (Å²) in [6.45, 7) is 2.07. The van der Waals surface area contributed by atoms with Crippen molar-refractivity contribution in [3.63, 3.8) is 0 Å². The van der Waals surface area contributed by atoms with E-state index in [4.69, 9.17) is 16.3 Å². The lowest BCUT2D eigenvalue weighted by Gasteiger charge is -2.30. The zero-order valence-corrected chi connectivity index (χ0v) is 16.0. The van der Waals surface area contributed by atoms with Crippen molar-refractivity contribution in [2.75, 3.05) is 6.61 Å². The molecular weight excluding hydrogens is 401 g/mol. The zero-order chi connectivity index (χ0) is 19.8. The fourth-order valence-electron chi connectivity index (χ4n) is 3.31. The Bertz CT molecular complexity index is 941. The molecule has 0 amide bonds. The van der Waals surface area contributed by atoms with Gasteiger partial charge in [-0.15, -0.1) is 0 Å². The van der Waals surface area contributed by atoms with Gasteiger partial charge in [-0.3, -0.25) is 0 Å². The van der Waals surface area contributed by atoms with Crippen LogP contribution < -0.4 is 0 Å². The van der Waals surface area contributed by atoms with Crippen molar-refractivity contribution in [2.24, 2.45) is 0 Å². The van der Waals surface area contributed by atoms with Crippen LogP contribution in [0.2, 0.25) is 5.02 Å². The summed E-state index contributed by atoms with van der Waals surface area (Å²) in [6.07, 6.45) is -4.62. The highest BCUT2D eigenvalue weighted by molar-refractivity contribution is 7.92. The van der Waals surface area contributed by atoms with Crippen LogP contribution in [0.1, 0.15) is 35.6 Å². The molecule has 1 heterocycles. The van der Waals surface area contributed by atoms with Gasteiger partial charge in [0.2, 0.25) is 0 Å². The third-order valence-electron chi connectivity index (χ3n) is 4.74. The molecule has 0 spiro atoms. The maximum atomic E-state index is 12.9. The monoisotopic (exact) mass is 418 g/mol. The quantitative estimate of drug-likeness (QED) is 0.673. The lowest BCUT2D eigenvalue weighted by molar-refractivity contribution is -0.137. The Hall–Kier alpha value is -1.57. The minimum absolute atomic E-state index is 0.182. The normalized spacial score (nSPS) is 21.2. The number of halogens is 4. The zero-order valence-electron chi connectivity index (χ0n) is 14.5. The Morgan fingerprint density at radius 3 is 2.56 bits per heavy atom. The van der Waals surface area contributed by atoms with Gasteiger partial charge in [0.1, 0.15) is 0 Å². The predicted molar refractivity (Wildman–Crippen MR) is 96.5 cm³/mol. The van der Waals surface area contributed by atoms with E-state index in [1.807, 2.05) is 6.92 Å². The maximum Gasteiger partial charge on any atom is 0.416 e. The molecule has 2 aromatic carbocycles. The highest BCUT2D eigenvalue weighted by atomic mass is 35.5. The summed E-state index contributed by atoms with van der Waals surface area (Å²) < 4.78 is 70.4.